The molecule has 2 rings (SSSR count). The van der Waals surface area contributed by atoms with Crippen LogP contribution in [0.25, 0.3) is 0 Å². The molecule has 100 valence electrons. The zero-order valence-electron chi connectivity index (χ0n) is 11.1. The van der Waals surface area contributed by atoms with E-state index in [4.69, 9.17) is 4.74 Å². The molecule has 0 spiro atoms. The van der Waals surface area contributed by atoms with Crippen LogP contribution in [-0.2, 0) is 11.3 Å². The van der Waals surface area contributed by atoms with E-state index >= 15 is 0 Å². The van der Waals surface area contributed by atoms with Gasteiger partial charge in [-0.1, -0.05) is 0 Å². The maximum atomic E-state index is 13.2. The minimum Gasteiger partial charge on any atom is -0.392 e. The van der Waals surface area contributed by atoms with Gasteiger partial charge < -0.3 is 14.7 Å². The molecular formula is C14H20FNO2. The number of benzene rings is 1. The summed E-state index contributed by atoms with van der Waals surface area (Å²) in [6.07, 6.45) is 0.116. The molecule has 0 amide bonds. The number of morpholine rings is 1. The summed E-state index contributed by atoms with van der Waals surface area (Å²) in [5.74, 6) is -0.316. The third kappa shape index (κ3) is 2.82. The second-order valence-electron chi connectivity index (χ2n) is 5.50. The zero-order valence-corrected chi connectivity index (χ0v) is 11.1. The Hall–Kier alpha value is -1.13. The van der Waals surface area contributed by atoms with Gasteiger partial charge in [0.1, 0.15) is 5.82 Å². The number of hydrogen-bond donors (Lipinski definition) is 1. The molecule has 3 nitrogen and oxygen atoms in total. The number of hydrogen-bond acceptors (Lipinski definition) is 3. The van der Waals surface area contributed by atoms with E-state index in [1.165, 1.54) is 12.1 Å². The minimum atomic E-state index is -0.316. The van der Waals surface area contributed by atoms with E-state index in [0.717, 1.165) is 18.8 Å². The number of aliphatic hydroxyl groups excluding tert-OH is 1. The Morgan fingerprint density at radius 3 is 2.83 bits per heavy atom. The average Bonchev–Trinajstić information content (AvgIpc) is 2.25. The fraction of sp³-hybridized carbons (Fsp3) is 0.571. The van der Waals surface area contributed by atoms with Crippen molar-refractivity contribution in [3.05, 3.63) is 29.6 Å². The number of aliphatic hydroxyl groups is 1. The van der Waals surface area contributed by atoms with Gasteiger partial charge in [-0.2, -0.15) is 0 Å². The van der Waals surface area contributed by atoms with E-state index in [-0.39, 0.29) is 24.1 Å². The van der Waals surface area contributed by atoms with Crippen molar-refractivity contribution >= 4 is 5.69 Å². The molecule has 0 aromatic heterocycles. The van der Waals surface area contributed by atoms with Crippen molar-refractivity contribution in [2.45, 2.75) is 39.1 Å². The molecule has 18 heavy (non-hydrogen) atoms. The fourth-order valence-electron chi connectivity index (χ4n) is 2.63. The molecule has 0 radical (unpaired) electrons. The van der Waals surface area contributed by atoms with Crippen molar-refractivity contribution in [2.24, 2.45) is 0 Å². The molecular weight excluding hydrogens is 233 g/mol. The summed E-state index contributed by atoms with van der Waals surface area (Å²) in [7, 11) is 0. The van der Waals surface area contributed by atoms with Gasteiger partial charge in [0.25, 0.3) is 0 Å². The highest BCUT2D eigenvalue weighted by Crippen LogP contribution is 2.29. The van der Waals surface area contributed by atoms with Gasteiger partial charge in [-0.05, 0) is 39.0 Å². The van der Waals surface area contributed by atoms with Gasteiger partial charge in [0.05, 0.1) is 18.3 Å². The smallest absolute Gasteiger partial charge is 0.123 e. The Balaban J connectivity index is 2.30. The Morgan fingerprint density at radius 1 is 1.50 bits per heavy atom. The molecule has 1 aliphatic heterocycles. The van der Waals surface area contributed by atoms with E-state index in [9.17, 15) is 9.50 Å². The number of halogens is 1. The van der Waals surface area contributed by atoms with Gasteiger partial charge in [-0.25, -0.2) is 4.39 Å². The van der Waals surface area contributed by atoms with Gasteiger partial charge in [-0.15, -0.1) is 0 Å². The molecule has 0 saturated carbocycles. The summed E-state index contributed by atoms with van der Waals surface area (Å²) in [6.45, 7) is 7.43. The first kappa shape index (κ1) is 13.3. The van der Waals surface area contributed by atoms with Crippen LogP contribution >= 0.6 is 0 Å². The highest BCUT2D eigenvalue weighted by molar-refractivity contribution is 5.54. The van der Waals surface area contributed by atoms with Crippen molar-refractivity contribution in [1.82, 2.24) is 0 Å². The van der Waals surface area contributed by atoms with E-state index in [1.54, 1.807) is 6.07 Å². The fourth-order valence-corrected chi connectivity index (χ4v) is 2.63. The summed E-state index contributed by atoms with van der Waals surface area (Å²) in [4.78, 5) is 2.15. The van der Waals surface area contributed by atoms with Crippen LogP contribution in [0.3, 0.4) is 0 Å². The first-order valence-electron chi connectivity index (χ1n) is 6.23. The van der Waals surface area contributed by atoms with Crippen LogP contribution in [0.1, 0.15) is 26.3 Å². The van der Waals surface area contributed by atoms with Crippen molar-refractivity contribution in [2.75, 3.05) is 18.0 Å². The molecule has 4 heteroatoms. The van der Waals surface area contributed by atoms with Crippen LogP contribution in [-0.4, -0.2) is 29.9 Å². The highest BCUT2D eigenvalue weighted by atomic mass is 19.1. The topological polar surface area (TPSA) is 32.7 Å². The normalized spacial score (nSPS) is 23.2. The molecule has 0 bridgehead atoms. The predicted molar refractivity (Wildman–Crippen MR) is 69.2 cm³/mol. The zero-order chi connectivity index (χ0) is 13.3. The molecule has 0 aliphatic carbocycles. The van der Waals surface area contributed by atoms with Crippen molar-refractivity contribution in [3.63, 3.8) is 0 Å². The Morgan fingerprint density at radius 2 is 2.22 bits per heavy atom. The molecule has 1 N–H and O–H groups in total. The monoisotopic (exact) mass is 253 g/mol. The van der Waals surface area contributed by atoms with Gasteiger partial charge >= 0.3 is 0 Å². The Bertz CT molecular complexity index is 434. The minimum absolute atomic E-state index is 0.116. The summed E-state index contributed by atoms with van der Waals surface area (Å²) >= 11 is 0. The number of ether oxygens (including phenoxy) is 1. The highest BCUT2D eigenvalue weighted by Gasteiger charge is 2.32. The van der Waals surface area contributed by atoms with Crippen LogP contribution in [0.2, 0.25) is 0 Å². The SMILES string of the molecule is CC1CN(c2ccc(F)cc2CO)CC(C)(C)O1. The van der Waals surface area contributed by atoms with Crippen LogP contribution < -0.4 is 4.90 Å². The first-order valence-corrected chi connectivity index (χ1v) is 6.23. The molecule has 1 aliphatic rings. The molecule has 1 heterocycles. The second-order valence-corrected chi connectivity index (χ2v) is 5.50. The maximum absolute atomic E-state index is 13.2. The lowest BCUT2D eigenvalue weighted by atomic mass is 10.0. The van der Waals surface area contributed by atoms with E-state index in [1.807, 2.05) is 20.8 Å². The second kappa shape index (κ2) is 4.86. The Labute approximate surface area is 107 Å². The standard InChI is InChI=1S/C14H20FNO2/c1-10-7-16(9-14(2,3)18-10)13-5-4-12(15)6-11(13)8-17/h4-6,10,17H,7-9H2,1-3H3. The van der Waals surface area contributed by atoms with E-state index in [0.29, 0.717) is 5.56 Å². The van der Waals surface area contributed by atoms with Crippen LogP contribution in [0.15, 0.2) is 18.2 Å². The van der Waals surface area contributed by atoms with Gasteiger partial charge in [0.15, 0.2) is 0 Å². The quantitative estimate of drug-likeness (QED) is 0.878. The lowest BCUT2D eigenvalue weighted by molar-refractivity contribution is -0.0750. The number of anilines is 1. The van der Waals surface area contributed by atoms with Crippen LogP contribution in [0.5, 0.6) is 0 Å². The van der Waals surface area contributed by atoms with Crippen LogP contribution in [0, 0.1) is 5.82 Å². The third-order valence-electron chi connectivity index (χ3n) is 3.12. The van der Waals surface area contributed by atoms with Crippen molar-refractivity contribution < 1.29 is 14.2 Å². The summed E-state index contributed by atoms with van der Waals surface area (Å²) in [5.41, 5.74) is 1.28. The van der Waals surface area contributed by atoms with Crippen molar-refractivity contribution in [3.8, 4) is 0 Å². The summed E-state index contributed by atoms with van der Waals surface area (Å²) in [5, 5.41) is 9.34. The average molecular weight is 253 g/mol. The van der Waals surface area contributed by atoms with Gasteiger partial charge in [-0.3, -0.25) is 0 Å². The molecule has 1 unspecified atom stereocenters. The van der Waals surface area contributed by atoms with Gasteiger partial charge in [0.2, 0.25) is 0 Å². The molecule has 1 aromatic carbocycles. The lowest BCUT2D eigenvalue weighted by Gasteiger charge is -2.43. The number of rotatable bonds is 2. The first-order chi connectivity index (χ1) is 8.41. The van der Waals surface area contributed by atoms with Crippen molar-refractivity contribution in [1.29, 1.82) is 0 Å². The molecule has 1 atom stereocenters. The maximum Gasteiger partial charge on any atom is 0.123 e. The van der Waals surface area contributed by atoms with Crippen LogP contribution in [0.4, 0.5) is 10.1 Å². The largest absolute Gasteiger partial charge is 0.392 e. The third-order valence-corrected chi connectivity index (χ3v) is 3.12. The molecule has 1 fully saturated rings. The lowest BCUT2D eigenvalue weighted by Crippen LogP contribution is -2.52. The molecule has 1 saturated heterocycles. The Kier molecular flexibility index (Phi) is 3.59. The van der Waals surface area contributed by atoms with E-state index < -0.39 is 0 Å². The predicted octanol–water partition coefficient (Wildman–Crippen LogP) is 2.32. The summed E-state index contributed by atoms with van der Waals surface area (Å²) < 4.78 is 19.0. The van der Waals surface area contributed by atoms with E-state index in [2.05, 4.69) is 4.90 Å². The number of nitrogens with zero attached hydrogens (tertiary/aromatic N) is 1. The van der Waals surface area contributed by atoms with Gasteiger partial charge in [0, 0.05) is 24.3 Å². The molecule has 1 aromatic rings. The summed E-state index contributed by atoms with van der Waals surface area (Å²) in [6, 6.07) is 4.55.